The molecule has 1 heterocycles. The van der Waals surface area contributed by atoms with E-state index < -0.39 is 28.9 Å². The number of ether oxygens (including phenoxy) is 4. The summed E-state index contributed by atoms with van der Waals surface area (Å²) in [5, 5.41) is 0. The van der Waals surface area contributed by atoms with E-state index in [1.807, 2.05) is 0 Å². The maximum absolute atomic E-state index is 10.7. The van der Waals surface area contributed by atoms with Gasteiger partial charge in [-0.25, -0.2) is 8.42 Å². The third-order valence-electron chi connectivity index (χ3n) is 2.57. The monoisotopic (exact) mass is 285 g/mol. The minimum Gasteiger partial charge on any atom is -0.726 e. The average Bonchev–Trinajstić information content (AvgIpc) is 2.29. The van der Waals surface area contributed by atoms with Crippen LogP contribution in [0.3, 0.4) is 0 Å². The first-order valence-electron chi connectivity index (χ1n) is 5.25. The molecule has 0 spiro atoms. The Bertz CT molecular complexity index is 328. The summed E-state index contributed by atoms with van der Waals surface area (Å²) in [6.45, 7) is 0.302. The fraction of sp³-hybridized carbons (Fsp3) is 1.00. The third kappa shape index (κ3) is 4.43. The van der Waals surface area contributed by atoms with Gasteiger partial charge in [0, 0.05) is 27.8 Å². The maximum Gasteiger partial charge on any atom is 0.218 e. The van der Waals surface area contributed by atoms with E-state index in [9.17, 15) is 13.0 Å². The van der Waals surface area contributed by atoms with Gasteiger partial charge in [-0.1, -0.05) is 0 Å². The van der Waals surface area contributed by atoms with E-state index in [2.05, 4.69) is 4.18 Å². The molecule has 4 atom stereocenters. The van der Waals surface area contributed by atoms with Crippen LogP contribution in [0, 0.1) is 0 Å². The van der Waals surface area contributed by atoms with Gasteiger partial charge in [0.05, 0.1) is 18.8 Å². The molecule has 8 nitrogen and oxygen atoms in total. The predicted octanol–water partition coefficient (Wildman–Crippen LogP) is -0.745. The molecule has 1 saturated heterocycles. The van der Waals surface area contributed by atoms with Gasteiger partial charge in [0.15, 0.2) is 12.4 Å². The average molecular weight is 285 g/mol. The van der Waals surface area contributed by atoms with Gasteiger partial charge in [-0.2, -0.15) is 0 Å². The van der Waals surface area contributed by atoms with Gasteiger partial charge in [-0.15, -0.1) is 0 Å². The van der Waals surface area contributed by atoms with Crippen LogP contribution < -0.4 is 0 Å². The molecule has 0 radical (unpaired) electrons. The van der Waals surface area contributed by atoms with Crippen molar-refractivity contribution in [3.63, 3.8) is 0 Å². The van der Waals surface area contributed by atoms with Crippen LogP contribution in [0.1, 0.15) is 6.42 Å². The van der Waals surface area contributed by atoms with Crippen molar-refractivity contribution in [1.82, 2.24) is 0 Å². The lowest BCUT2D eigenvalue weighted by atomic mass is 10.0. The molecule has 1 aliphatic rings. The van der Waals surface area contributed by atoms with Crippen LogP contribution in [0.5, 0.6) is 0 Å². The molecule has 0 saturated carbocycles. The molecule has 0 aromatic carbocycles. The largest absolute Gasteiger partial charge is 0.726 e. The van der Waals surface area contributed by atoms with Crippen molar-refractivity contribution in [3.05, 3.63) is 0 Å². The molecule has 1 fully saturated rings. The van der Waals surface area contributed by atoms with Gasteiger partial charge in [-0.3, -0.25) is 4.18 Å². The lowest BCUT2D eigenvalue weighted by molar-refractivity contribution is -0.260. The van der Waals surface area contributed by atoms with Gasteiger partial charge >= 0.3 is 0 Å². The highest BCUT2D eigenvalue weighted by molar-refractivity contribution is 7.80. The normalized spacial score (nSPS) is 33.6. The van der Waals surface area contributed by atoms with Crippen LogP contribution in [-0.4, -0.2) is 65.5 Å². The van der Waals surface area contributed by atoms with Crippen molar-refractivity contribution >= 4 is 10.4 Å². The zero-order valence-corrected chi connectivity index (χ0v) is 11.2. The summed E-state index contributed by atoms with van der Waals surface area (Å²) in [6, 6.07) is 0. The second-order valence-corrected chi connectivity index (χ2v) is 4.81. The van der Waals surface area contributed by atoms with Crippen LogP contribution in [0.15, 0.2) is 0 Å². The van der Waals surface area contributed by atoms with E-state index >= 15 is 0 Å². The van der Waals surface area contributed by atoms with E-state index in [1.165, 1.54) is 21.3 Å². The molecule has 0 N–H and O–H groups in total. The molecule has 0 bridgehead atoms. The molecule has 1 rings (SSSR count). The van der Waals surface area contributed by atoms with Gasteiger partial charge < -0.3 is 23.5 Å². The Hall–Kier alpha value is -0.290. The molecule has 18 heavy (non-hydrogen) atoms. The van der Waals surface area contributed by atoms with E-state index in [1.54, 1.807) is 0 Å². The third-order valence-corrected chi connectivity index (χ3v) is 3.03. The Kier molecular flexibility index (Phi) is 5.92. The summed E-state index contributed by atoms with van der Waals surface area (Å²) in [7, 11) is -0.640. The molecule has 108 valence electrons. The maximum atomic E-state index is 10.7. The first-order valence-corrected chi connectivity index (χ1v) is 6.58. The minimum absolute atomic E-state index is 0.302. The lowest BCUT2D eigenvalue weighted by Gasteiger charge is -2.39. The highest BCUT2D eigenvalue weighted by Gasteiger charge is 2.41. The number of rotatable bonds is 6. The highest BCUT2D eigenvalue weighted by Crippen LogP contribution is 2.26. The van der Waals surface area contributed by atoms with E-state index in [4.69, 9.17) is 18.9 Å². The first kappa shape index (κ1) is 15.8. The smallest absolute Gasteiger partial charge is 0.218 e. The van der Waals surface area contributed by atoms with Crippen LogP contribution in [0.2, 0.25) is 0 Å². The standard InChI is InChI=1S/C9H18O8S/c1-13-5-6-4-7(14-2)8(9(15-3)16-6)17-18(10,11)12/h6-9H,4-5H2,1-3H3,(H,10,11,12)/p-1/t6?,7?,8?,9-/m1/s1. The van der Waals surface area contributed by atoms with Crippen molar-refractivity contribution in [3.8, 4) is 0 Å². The summed E-state index contributed by atoms with van der Waals surface area (Å²) in [4.78, 5) is 0. The van der Waals surface area contributed by atoms with Crippen molar-refractivity contribution in [1.29, 1.82) is 0 Å². The zero-order chi connectivity index (χ0) is 13.8. The van der Waals surface area contributed by atoms with E-state index in [0.29, 0.717) is 13.0 Å². The van der Waals surface area contributed by atoms with Gasteiger partial charge in [0.25, 0.3) is 0 Å². The molecule has 0 aromatic heterocycles. The summed E-state index contributed by atoms with van der Waals surface area (Å²) in [5.74, 6) is 0. The SMILES string of the molecule is COCC1CC(OC)C(OS(=O)(=O)[O-])[C@H](OC)O1. The summed E-state index contributed by atoms with van der Waals surface area (Å²) >= 11 is 0. The van der Waals surface area contributed by atoms with E-state index in [0.717, 1.165) is 0 Å². The molecule has 3 unspecified atom stereocenters. The van der Waals surface area contributed by atoms with Gasteiger partial charge in [-0.05, 0) is 0 Å². The van der Waals surface area contributed by atoms with Gasteiger partial charge in [0.2, 0.25) is 10.4 Å². The Morgan fingerprint density at radius 3 is 2.39 bits per heavy atom. The Labute approximate surface area is 106 Å². The number of hydrogen-bond donors (Lipinski definition) is 0. The van der Waals surface area contributed by atoms with Crippen molar-refractivity contribution in [2.75, 3.05) is 27.9 Å². The molecule has 0 aromatic rings. The Morgan fingerprint density at radius 2 is 1.94 bits per heavy atom. The summed E-state index contributed by atoms with van der Waals surface area (Å²) in [5.41, 5.74) is 0. The molecule has 1 aliphatic heterocycles. The molecule has 0 aliphatic carbocycles. The molecule has 0 amide bonds. The lowest BCUT2D eigenvalue weighted by Crippen LogP contribution is -2.52. The van der Waals surface area contributed by atoms with Gasteiger partial charge in [0.1, 0.15) is 0 Å². The topological polar surface area (TPSA) is 103 Å². The minimum atomic E-state index is -4.86. The molecular formula is C9H17O8S-. The zero-order valence-electron chi connectivity index (χ0n) is 10.4. The van der Waals surface area contributed by atoms with Crippen LogP contribution in [-0.2, 0) is 33.5 Å². The first-order chi connectivity index (χ1) is 8.41. The second-order valence-electron chi connectivity index (χ2n) is 3.80. The fourth-order valence-corrected chi connectivity index (χ4v) is 2.33. The highest BCUT2D eigenvalue weighted by atomic mass is 32.3. The quantitative estimate of drug-likeness (QED) is 0.464. The van der Waals surface area contributed by atoms with Crippen molar-refractivity contribution in [2.24, 2.45) is 0 Å². The Balaban J connectivity index is 2.79. The van der Waals surface area contributed by atoms with Crippen LogP contribution >= 0.6 is 0 Å². The van der Waals surface area contributed by atoms with Crippen LogP contribution in [0.25, 0.3) is 0 Å². The number of methoxy groups -OCH3 is 3. The second kappa shape index (κ2) is 6.75. The molecular weight excluding hydrogens is 268 g/mol. The van der Waals surface area contributed by atoms with E-state index in [-0.39, 0.29) is 6.10 Å². The van der Waals surface area contributed by atoms with Crippen LogP contribution in [0.4, 0.5) is 0 Å². The van der Waals surface area contributed by atoms with Crippen molar-refractivity contribution in [2.45, 2.75) is 31.0 Å². The molecule has 9 heteroatoms. The fourth-order valence-electron chi connectivity index (χ4n) is 1.85. The number of hydrogen-bond acceptors (Lipinski definition) is 8. The summed E-state index contributed by atoms with van der Waals surface area (Å²) in [6.07, 6.45) is -2.75. The Morgan fingerprint density at radius 1 is 1.28 bits per heavy atom. The van der Waals surface area contributed by atoms with Crippen molar-refractivity contribution < 1.29 is 36.1 Å². The summed E-state index contributed by atoms with van der Waals surface area (Å²) < 4.78 is 56.8. The predicted molar refractivity (Wildman–Crippen MR) is 57.5 cm³/mol.